The quantitative estimate of drug-likeness (QED) is 0.570. The van der Waals surface area contributed by atoms with Gasteiger partial charge < -0.3 is 15.4 Å². The number of nitrogen functional groups attached to an aromatic ring is 1. The molecule has 0 aliphatic carbocycles. The molecule has 19 heavy (non-hydrogen) atoms. The van der Waals surface area contributed by atoms with Gasteiger partial charge in [-0.2, -0.15) is 0 Å². The van der Waals surface area contributed by atoms with E-state index in [-0.39, 0.29) is 5.75 Å². The fourth-order valence-electron chi connectivity index (χ4n) is 1.56. The van der Waals surface area contributed by atoms with Crippen LogP contribution in [0, 0.1) is 0 Å². The molecule has 2 N–H and O–H groups in total. The highest BCUT2D eigenvalue weighted by Gasteiger charge is 2.05. The summed E-state index contributed by atoms with van der Waals surface area (Å²) >= 11 is 0. The van der Waals surface area contributed by atoms with Crippen molar-refractivity contribution in [1.82, 2.24) is 4.90 Å². The minimum Gasteiger partial charge on any atom is -0.493 e. The van der Waals surface area contributed by atoms with E-state index in [0.29, 0.717) is 18.8 Å². The van der Waals surface area contributed by atoms with E-state index < -0.39 is 9.84 Å². The molecule has 0 spiro atoms. The highest BCUT2D eigenvalue weighted by molar-refractivity contribution is 7.90. The van der Waals surface area contributed by atoms with Crippen LogP contribution in [-0.2, 0) is 9.84 Å². The van der Waals surface area contributed by atoms with Gasteiger partial charge in [-0.1, -0.05) is 6.07 Å². The summed E-state index contributed by atoms with van der Waals surface area (Å²) in [5.41, 5.74) is 6.33. The first-order valence-electron chi connectivity index (χ1n) is 6.21. The summed E-state index contributed by atoms with van der Waals surface area (Å²) in [4.78, 5) is 1.99. The van der Waals surface area contributed by atoms with E-state index in [1.165, 1.54) is 6.26 Å². The second-order valence-electron chi connectivity index (χ2n) is 4.71. The molecule has 0 aliphatic heterocycles. The maximum absolute atomic E-state index is 11.0. The molecule has 5 nitrogen and oxygen atoms in total. The van der Waals surface area contributed by atoms with Crippen LogP contribution in [0.3, 0.4) is 0 Å². The van der Waals surface area contributed by atoms with E-state index in [0.717, 1.165) is 18.7 Å². The SMILES string of the molecule is CN(CCCOc1cccc(N)c1)CCS(C)(=O)=O. The summed E-state index contributed by atoms with van der Waals surface area (Å²) in [6, 6.07) is 7.31. The molecule has 6 heteroatoms. The Balaban J connectivity index is 2.17. The Kier molecular flexibility index (Phi) is 6.11. The normalized spacial score (nSPS) is 11.7. The third-order valence-corrected chi connectivity index (χ3v) is 3.58. The number of benzene rings is 1. The Hall–Kier alpha value is -1.27. The highest BCUT2D eigenvalue weighted by Crippen LogP contribution is 2.14. The van der Waals surface area contributed by atoms with E-state index >= 15 is 0 Å². The zero-order valence-electron chi connectivity index (χ0n) is 11.5. The number of nitrogens with two attached hydrogens (primary N) is 1. The number of rotatable bonds is 8. The third-order valence-electron chi connectivity index (χ3n) is 2.65. The molecule has 1 rings (SSSR count). The lowest BCUT2D eigenvalue weighted by molar-refractivity contribution is 0.269. The van der Waals surface area contributed by atoms with E-state index in [9.17, 15) is 8.42 Å². The molecule has 0 aromatic heterocycles. The number of sulfone groups is 1. The van der Waals surface area contributed by atoms with Crippen LogP contribution in [0.1, 0.15) is 6.42 Å². The van der Waals surface area contributed by atoms with Crippen LogP contribution in [0.4, 0.5) is 5.69 Å². The van der Waals surface area contributed by atoms with Gasteiger partial charge in [0.1, 0.15) is 15.6 Å². The average molecular weight is 286 g/mol. The van der Waals surface area contributed by atoms with Gasteiger partial charge in [0.15, 0.2) is 0 Å². The van der Waals surface area contributed by atoms with Gasteiger partial charge in [0.2, 0.25) is 0 Å². The van der Waals surface area contributed by atoms with E-state index in [2.05, 4.69) is 0 Å². The number of hydrogen-bond acceptors (Lipinski definition) is 5. The summed E-state index contributed by atoms with van der Waals surface area (Å²) < 4.78 is 27.6. The van der Waals surface area contributed by atoms with Crippen molar-refractivity contribution in [1.29, 1.82) is 0 Å². The van der Waals surface area contributed by atoms with Crippen LogP contribution in [0.5, 0.6) is 5.75 Å². The molecule has 1 aromatic rings. The van der Waals surface area contributed by atoms with Crippen LogP contribution in [-0.4, -0.2) is 52.1 Å². The zero-order valence-corrected chi connectivity index (χ0v) is 12.3. The Morgan fingerprint density at radius 2 is 2.05 bits per heavy atom. The molecule has 0 unspecified atom stereocenters. The van der Waals surface area contributed by atoms with Crippen molar-refractivity contribution in [3.05, 3.63) is 24.3 Å². The van der Waals surface area contributed by atoms with Crippen molar-refractivity contribution in [2.45, 2.75) is 6.42 Å². The van der Waals surface area contributed by atoms with Crippen molar-refractivity contribution >= 4 is 15.5 Å². The minimum atomic E-state index is -2.88. The summed E-state index contributed by atoms with van der Waals surface area (Å²) in [7, 11) is -0.976. The van der Waals surface area contributed by atoms with Gasteiger partial charge in [-0.05, 0) is 25.6 Å². The smallest absolute Gasteiger partial charge is 0.148 e. The summed E-state index contributed by atoms with van der Waals surface area (Å²) in [5.74, 6) is 0.957. The maximum atomic E-state index is 11.0. The lowest BCUT2D eigenvalue weighted by Gasteiger charge is -2.16. The Labute approximate surface area is 115 Å². The molecule has 1 aromatic carbocycles. The summed E-state index contributed by atoms with van der Waals surface area (Å²) in [6.07, 6.45) is 2.10. The topological polar surface area (TPSA) is 72.6 Å². The molecule has 0 aliphatic rings. The number of ether oxygens (including phenoxy) is 1. The monoisotopic (exact) mass is 286 g/mol. The van der Waals surface area contributed by atoms with E-state index in [1.807, 2.05) is 30.1 Å². The molecule has 0 saturated heterocycles. The van der Waals surface area contributed by atoms with E-state index in [4.69, 9.17) is 10.5 Å². The van der Waals surface area contributed by atoms with Gasteiger partial charge in [0.25, 0.3) is 0 Å². The Morgan fingerprint density at radius 3 is 2.68 bits per heavy atom. The van der Waals surface area contributed by atoms with Crippen molar-refractivity contribution in [2.75, 3.05) is 44.5 Å². The number of nitrogens with zero attached hydrogens (tertiary/aromatic N) is 1. The number of anilines is 1. The Morgan fingerprint density at radius 1 is 1.32 bits per heavy atom. The minimum absolute atomic E-state index is 0.194. The average Bonchev–Trinajstić information content (AvgIpc) is 2.31. The van der Waals surface area contributed by atoms with Gasteiger partial charge in [0, 0.05) is 31.1 Å². The Bertz CT molecular complexity index is 488. The lowest BCUT2D eigenvalue weighted by Crippen LogP contribution is -2.27. The summed E-state index contributed by atoms with van der Waals surface area (Å²) in [6.45, 7) is 1.95. The molecule has 0 amide bonds. The van der Waals surface area contributed by atoms with Crippen molar-refractivity contribution in [2.24, 2.45) is 0 Å². The largest absolute Gasteiger partial charge is 0.493 e. The fraction of sp³-hybridized carbons (Fsp3) is 0.538. The third kappa shape index (κ3) is 7.69. The highest BCUT2D eigenvalue weighted by atomic mass is 32.2. The van der Waals surface area contributed by atoms with Crippen LogP contribution >= 0.6 is 0 Å². The van der Waals surface area contributed by atoms with Crippen LogP contribution in [0.15, 0.2) is 24.3 Å². The molecule has 0 radical (unpaired) electrons. The first kappa shape index (κ1) is 15.8. The number of hydrogen-bond donors (Lipinski definition) is 1. The zero-order chi connectivity index (χ0) is 14.3. The van der Waals surface area contributed by atoms with Gasteiger partial charge in [-0.3, -0.25) is 0 Å². The standard InChI is InChI=1S/C13H22N2O3S/c1-15(8-10-19(2,16)17)7-4-9-18-13-6-3-5-12(14)11-13/h3,5-6,11H,4,7-10,14H2,1-2H3. The van der Waals surface area contributed by atoms with Crippen LogP contribution in [0.2, 0.25) is 0 Å². The molecule has 0 fully saturated rings. The van der Waals surface area contributed by atoms with Crippen molar-refractivity contribution < 1.29 is 13.2 Å². The molecular weight excluding hydrogens is 264 g/mol. The molecule has 0 atom stereocenters. The molecule has 108 valence electrons. The van der Waals surface area contributed by atoms with Crippen LogP contribution in [0.25, 0.3) is 0 Å². The molecule has 0 heterocycles. The first-order valence-corrected chi connectivity index (χ1v) is 8.27. The van der Waals surface area contributed by atoms with Gasteiger partial charge in [-0.25, -0.2) is 8.42 Å². The molecular formula is C13H22N2O3S. The van der Waals surface area contributed by atoms with Gasteiger partial charge in [0.05, 0.1) is 12.4 Å². The molecule has 0 saturated carbocycles. The maximum Gasteiger partial charge on any atom is 0.148 e. The van der Waals surface area contributed by atoms with Gasteiger partial charge >= 0.3 is 0 Å². The lowest BCUT2D eigenvalue weighted by atomic mass is 10.3. The predicted octanol–water partition coefficient (Wildman–Crippen LogP) is 1.01. The predicted molar refractivity (Wildman–Crippen MR) is 78.2 cm³/mol. The van der Waals surface area contributed by atoms with Crippen LogP contribution < -0.4 is 10.5 Å². The first-order chi connectivity index (χ1) is 8.87. The second kappa shape index (κ2) is 7.35. The van der Waals surface area contributed by atoms with E-state index in [1.54, 1.807) is 6.07 Å². The summed E-state index contributed by atoms with van der Waals surface area (Å²) in [5, 5.41) is 0. The van der Waals surface area contributed by atoms with Gasteiger partial charge in [-0.15, -0.1) is 0 Å². The molecule has 0 bridgehead atoms. The second-order valence-corrected chi connectivity index (χ2v) is 6.97. The van der Waals surface area contributed by atoms with Crippen molar-refractivity contribution in [3.8, 4) is 5.75 Å². The van der Waals surface area contributed by atoms with Crippen molar-refractivity contribution in [3.63, 3.8) is 0 Å². The fourth-order valence-corrected chi connectivity index (χ4v) is 2.21.